The first-order valence-corrected chi connectivity index (χ1v) is 10.6. The molecule has 2 aromatic heterocycles. The number of hydrogen-bond donors (Lipinski definition) is 1. The van der Waals surface area contributed by atoms with Crippen LogP contribution in [0.15, 0.2) is 57.9 Å². The second-order valence-corrected chi connectivity index (χ2v) is 7.99. The first-order chi connectivity index (χ1) is 15.0. The van der Waals surface area contributed by atoms with Crippen LogP contribution in [0.1, 0.15) is 18.4 Å². The molecule has 1 aromatic carbocycles. The summed E-state index contributed by atoms with van der Waals surface area (Å²) in [6.07, 6.45) is 1.69. The molecule has 1 aliphatic rings. The van der Waals surface area contributed by atoms with Crippen molar-refractivity contribution in [2.45, 2.75) is 26.4 Å². The number of benzene rings is 1. The number of para-hydroxylation sites is 1. The average Bonchev–Trinajstić information content (AvgIpc) is 3.37. The Hall–Kier alpha value is -3.10. The van der Waals surface area contributed by atoms with Gasteiger partial charge in [0.25, 0.3) is 5.56 Å². The highest BCUT2D eigenvalue weighted by atomic mass is 16.3. The Balaban J connectivity index is 1.41. The van der Waals surface area contributed by atoms with Gasteiger partial charge in [-0.3, -0.25) is 24.1 Å². The topological polar surface area (TPSA) is 75.7 Å². The molecule has 1 unspecified atom stereocenters. The van der Waals surface area contributed by atoms with E-state index in [9.17, 15) is 9.59 Å². The maximum absolute atomic E-state index is 13.0. The summed E-state index contributed by atoms with van der Waals surface area (Å²) in [5.74, 6) is 0.791. The third-order valence-electron chi connectivity index (χ3n) is 6.10. The number of carbonyl (C=O) groups excluding carboxylic acids is 1. The number of anilines is 1. The van der Waals surface area contributed by atoms with Gasteiger partial charge in [0.15, 0.2) is 0 Å². The smallest absolute Gasteiger partial charge is 0.295 e. The molecule has 0 radical (unpaired) electrons. The Labute approximate surface area is 181 Å². The maximum Gasteiger partial charge on any atom is 0.295 e. The van der Waals surface area contributed by atoms with Crippen LogP contribution in [0, 0.1) is 6.92 Å². The van der Waals surface area contributed by atoms with Crippen molar-refractivity contribution >= 4 is 11.6 Å². The Morgan fingerprint density at radius 1 is 1.10 bits per heavy atom. The molecule has 3 aromatic rings. The number of amides is 1. The van der Waals surface area contributed by atoms with Crippen molar-refractivity contribution in [2.24, 2.45) is 7.05 Å². The Morgan fingerprint density at radius 3 is 2.45 bits per heavy atom. The third-order valence-corrected chi connectivity index (χ3v) is 6.10. The molecule has 0 spiro atoms. The van der Waals surface area contributed by atoms with Crippen LogP contribution in [0.4, 0.5) is 5.69 Å². The number of carbonyl (C=O) groups is 1. The SMILES string of the molecule is Cc1c(NC(=O)C(C)N2CCN(Cc3ccco3)CC2)c(=O)n(-c2ccccc2)n1C. The predicted octanol–water partition coefficient (Wildman–Crippen LogP) is 2.22. The van der Waals surface area contributed by atoms with Crippen LogP contribution in [-0.4, -0.2) is 57.3 Å². The van der Waals surface area contributed by atoms with Crippen LogP contribution in [0.2, 0.25) is 0 Å². The Morgan fingerprint density at radius 2 is 1.81 bits per heavy atom. The van der Waals surface area contributed by atoms with Crippen LogP contribution < -0.4 is 10.9 Å². The van der Waals surface area contributed by atoms with Crippen LogP contribution >= 0.6 is 0 Å². The minimum absolute atomic E-state index is 0.162. The lowest BCUT2D eigenvalue weighted by atomic mass is 10.2. The molecule has 0 saturated carbocycles. The summed E-state index contributed by atoms with van der Waals surface area (Å²) in [4.78, 5) is 30.5. The lowest BCUT2D eigenvalue weighted by molar-refractivity contribution is -0.121. The number of nitrogens with zero attached hydrogens (tertiary/aromatic N) is 4. The first-order valence-electron chi connectivity index (χ1n) is 10.6. The number of furan rings is 1. The zero-order valence-corrected chi connectivity index (χ0v) is 18.2. The van der Waals surface area contributed by atoms with E-state index in [0.29, 0.717) is 5.69 Å². The summed E-state index contributed by atoms with van der Waals surface area (Å²) in [5.41, 5.74) is 1.59. The van der Waals surface area contributed by atoms with Crippen LogP contribution in [0.5, 0.6) is 0 Å². The lowest BCUT2D eigenvalue weighted by Gasteiger charge is -2.37. The summed E-state index contributed by atoms with van der Waals surface area (Å²) < 4.78 is 8.77. The lowest BCUT2D eigenvalue weighted by Crippen LogP contribution is -2.52. The predicted molar refractivity (Wildman–Crippen MR) is 119 cm³/mol. The molecular formula is C23H29N5O3. The fourth-order valence-electron chi connectivity index (χ4n) is 4.04. The largest absolute Gasteiger partial charge is 0.468 e. The zero-order chi connectivity index (χ0) is 22.0. The van der Waals surface area contributed by atoms with E-state index in [0.717, 1.165) is 49.9 Å². The Bertz CT molecular complexity index is 1080. The van der Waals surface area contributed by atoms with Crippen molar-refractivity contribution in [3.8, 4) is 5.69 Å². The summed E-state index contributed by atoms with van der Waals surface area (Å²) >= 11 is 0. The molecule has 1 N–H and O–H groups in total. The highest BCUT2D eigenvalue weighted by Gasteiger charge is 2.27. The van der Waals surface area contributed by atoms with E-state index >= 15 is 0 Å². The van der Waals surface area contributed by atoms with Crippen molar-refractivity contribution in [3.63, 3.8) is 0 Å². The normalized spacial score (nSPS) is 16.4. The van der Waals surface area contributed by atoms with Gasteiger partial charge >= 0.3 is 0 Å². The number of aromatic nitrogens is 2. The van der Waals surface area contributed by atoms with Gasteiger partial charge in [0, 0.05) is 33.2 Å². The zero-order valence-electron chi connectivity index (χ0n) is 18.2. The summed E-state index contributed by atoms with van der Waals surface area (Å²) in [7, 11) is 1.82. The van der Waals surface area contributed by atoms with E-state index in [-0.39, 0.29) is 17.5 Å². The van der Waals surface area contributed by atoms with E-state index in [2.05, 4.69) is 15.1 Å². The standard InChI is InChI=1S/C23H29N5O3/c1-17-21(23(30)28(25(17)3)19-8-5-4-6-9-19)24-22(29)18(2)27-13-11-26(12-14-27)16-20-10-7-15-31-20/h4-10,15,18H,11-14,16H2,1-3H3,(H,24,29). The van der Waals surface area contributed by atoms with Gasteiger partial charge in [-0.05, 0) is 38.1 Å². The van der Waals surface area contributed by atoms with Gasteiger partial charge in [-0.2, -0.15) is 0 Å². The first kappa shape index (κ1) is 21.1. The molecule has 164 valence electrons. The molecule has 8 heteroatoms. The van der Waals surface area contributed by atoms with Crippen LogP contribution in [0.3, 0.4) is 0 Å². The average molecular weight is 424 g/mol. The van der Waals surface area contributed by atoms with Crippen LogP contribution in [-0.2, 0) is 18.4 Å². The minimum atomic E-state index is -0.324. The molecule has 3 heterocycles. The van der Waals surface area contributed by atoms with Crippen molar-refractivity contribution in [3.05, 3.63) is 70.5 Å². The van der Waals surface area contributed by atoms with Gasteiger partial charge in [-0.25, -0.2) is 4.68 Å². The number of hydrogen-bond acceptors (Lipinski definition) is 5. The molecule has 4 rings (SSSR count). The number of nitrogens with one attached hydrogen (secondary N) is 1. The van der Waals surface area contributed by atoms with Gasteiger partial charge in [0.05, 0.1) is 30.2 Å². The molecule has 31 heavy (non-hydrogen) atoms. The van der Waals surface area contributed by atoms with Gasteiger partial charge in [0.2, 0.25) is 5.91 Å². The second kappa shape index (κ2) is 8.95. The van der Waals surface area contributed by atoms with Crippen molar-refractivity contribution < 1.29 is 9.21 Å². The van der Waals surface area contributed by atoms with Gasteiger partial charge in [-0.15, -0.1) is 0 Å². The molecular weight excluding hydrogens is 394 g/mol. The van der Waals surface area contributed by atoms with Gasteiger partial charge in [-0.1, -0.05) is 18.2 Å². The van der Waals surface area contributed by atoms with E-state index in [4.69, 9.17) is 4.42 Å². The van der Waals surface area contributed by atoms with Crippen molar-refractivity contribution in [1.29, 1.82) is 0 Å². The second-order valence-electron chi connectivity index (χ2n) is 7.99. The van der Waals surface area contributed by atoms with E-state index < -0.39 is 0 Å². The molecule has 1 amide bonds. The summed E-state index contributed by atoms with van der Waals surface area (Å²) in [5, 5.41) is 2.89. The van der Waals surface area contributed by atoms with E-state index in [1.165, 1.54) is 0 Å². The Kier molecular flexibility index (Phi) is 6.11. The quantitative estimate of drug-likeness (QED) is 0.658. The van der Waals surface area contributed by atoms with Gasteiger partial charge < -0.3 is 9.73 Å². The molecule has 8 nitrogen and oxygen atoms in total. The molecule has 0 bridgehead atoms. The number of piperazine rings is 1. The molecule has 1 fully saturated rings. The number of rotatable bonds is 6. The van der Waals surface area contributed by atoms with Gasteiger partial charge in [0.1, 0.15) is 11.4 Å². The molecule has 1 saturated heterocycles. The summed E-state index contributed by atoms with van der Waals surface area (Å²) in [6, 6.07) is 13.0. The van der Waals surface area contributed by atoms with Crippen molar-refractivity contribution in [1.82, 2.24) is 19.2 Å². The van der Waals surface area contributed by atoms with E-state index in [1.807, 2.05) is 63.4 Å². The van der Waals surface area contributed by atoms with E-state index in [1.54, 1.807) is 15.6 Å². The minimum Gasteiger partial charge on any atom is -0.468 e. The fourth-order valence-corrected chi connectivity index (χ4v) is 4.04. The molecule has 1 atom stereocenters. The molecule has 1 aliphatic heterocycles. The highest BCUT2D eigenvalue weighted by Crippen LogP contribution is 2.16. The van der Waals surface area contributed by atoms with Crippen LogP contribution in [0.25, 0.3) is 5.69 Å². The van der Waals surface area contributed by atoms with Crippen molar-refractivity contribution in [2.75, 3.05) is 31.5 Å². The highest BCUT2D eigenvalue weighted by molar-refractivity contribution is 5.95. The summed E-state index contributed by atoms with van der Waals surface area (Å²) in [6.45, 7) is 7.82. The maximum atomic E-state index is 13.0. The monoisotopic (exact) mass is 423 g/mol. The fraction of sp³-hybridized carbons (Fsp3) is 0.391. The third kappa shape index (κ3) is 4.35. The molecule has 0 aliphatic carbocycles.